The van der Waals surface area contributed by atoms with Crippen molar-refractivity contribution in [1.82, 2.24) is 19.1 Å². The first-order chi connectivity index (χ1) is 11.5. The highest BCUT2D eigenvalue weighted by Crippen LogP contribution is 2.13. The summed E-state index contributed by atoms with van der Waals surface area (Å²) in [6.45, 7) is -0.0891. The molecular weight excluding hydrogens is 328 g/mol. The smallest absolute Gasteiger partial charge is 0.333 e. The van der Waals surface area contributed by atoms with E-state index in [1.807, 2.05) is 18.2 Å². The minimum Gasteiger partial charge on any atom is -0.333 e. The van der Waals surface area contributed by atoms with E-state index in [-0.39, 0.29) is 17.7 Å². The fraction of sp³-hybridized carbons (Fsp3) is 0.118. The molecule has 6 nitrogen and oxygen atoms in total. The van der Waals surface area contributed by atoms with Crippen LogP contribution in [-0.2, 0) is 13.6 Å². The summed E-state index contributed by atoms with van der Waals surface area (Å²) in [5.41, 5.74) is 0.423. The number of aromatic amines is 1. The number of benzene rings is 1. The van der Waals surface area contributed by atoms with E-state index in [0.717, 1.165) is 10.1 Å². The molecule has 0 saturated carbocycles. The number of terminal acetylenes is 1. The Labute approximate surface area is 142 Å². The predicted octanol–water partition coefficient (Wildman–Crippen LogP) is 1.88. The molecule has 0 unspecified atom stereocenters. The predicted molar refractivity (Wildman–Crippen MR) is 94.8 cm³/mol. The molecule has 7 heteroatoms. The van der Waals surface area contributed by atoms with E-state index in [4.69, 9.17) is 18.0 Å². The normalized spacial score (nSPS) is 11.2. The maximum absolute atomic E-state index is 12.4. The second kappa shape index (κ2) is 6.22. The molecule has 0 aliphatic rings. The van der Waals surface area contributed by atoms with Crippen LogP contribution in [0.5, 0.6) is 0 Å². The standard InChI is InChI=1S/C17H13ClN4O2/c1-3-9-22-16(23)14-15(21(2)17(22)24)20-13(19-14)8-7-11-5-4-6-12(18)10-11/h1,4-8,10H,9H2,2H3,(H,19,20)/b8-7+. The summed E-state index contributed by atoms with van der Waals surface area (Å²) < 4.78 is 2.28. The van der Waals surface area contributed by atoms with Crippen molar-refractivity contribution in [3.05, 3.63) is 61.5 Å². The molecular formula is C17H13ClN4O2. The van der Waals surface area contributed by atoms with Gasteiger partial charge in [-0.1, -0.05) is 35.7 Å². The lowest BCUT2D eigenvalue weighted by Gasteiger charge is -2.03. The molecule has 0 atom stereocenters. The fourth-order valence-corrected chi connectivity index (χ4v) is 2.56. The van der Waals surface area contributed by atoms with Gasteiger partial charge in [0.2, 0.25) is 0 Å². The number of hydrogen-bond acceptors (Lipinski definition) is 3. The first-order valence-corrected chi connectivity index (χ1v) is 7.45. The van der Waals surface area contributed by atoms with Crippen molar-refractivity contribution < 1.29 is 0 Å². The summed E-state index contributed by atoms with van der Waals surface area (Å²) in [6.07, 6.45) is 8.73. The van der Waals surface area contributed by atoms with Gasteiger partial charge in [-0.2, -0.15) is 0 Å². The van der Waals surface area contributed by atoms with Crippen molar-refractivity contribution >= 4 is 34.9 Å². The van der Waals surface area contributed by atoms with Gasteiger partial charge in [-0.3, -0.25) is 9.36 Å². The van der Waals surface area contributed by atoms with Gasteiger partial charge >= 0.3 is 5.69 Å². The lowest BCUT2D eigenvalue weighted by molar-refractivity contribution is 0.676. The van der Waals surface area contributed by atoms with E-state index in [9.17, 15) is 9.59 Å². The lowest BCUT2D eigenvalue weighted by atomic mass is 10.2. The van der Waals surface area contributed by atoms with Crippen LogP contribution in [0.1, 0.15) is 11.4 Å². The number of H-pyrrole nitrogens is 1. The highest BCUT2D eigenvalue weighted by atomic mass is 35.5. The van der Waals surface area contributed by atoms with Crippen molar-refractivity contribution in [2.24, 2.45) is 7.05 Å². The summed E-state index contributed by atoms with van der Waals surface area (Å²) in [7, 11) is 1.54. The number of nitrogens with one attached hydrogen (secondary N) is 1. The van der Waals surface area contributed by atoms with Gasteiger partial charge in [-0.15, -0.1) is 6.42 Å². The van der Waals surface area contributed by atoms with Crippen LogP contribution >= 0.6 is 11.6 Å². The van der Waals surface area contributed by atoms with E-state index in [0.29, 0.717) is 10.8 Å². The third-order valence-electron chi connectivity index (χ3n) is 3.53. The Kier molecular flexibility index (Phi) is 4.11. The molecule has 0 radical (unpaired) electrons. The molecule has 0 spiro atoms. The molecule has 0 amide bonds. The van der Waals surface area contributed by atoms with Crippen molar-refractivity contribution in [1.29, 1.82) is 0 Å². The molecule has 1 N–H and O–H groups in total. The van der Waals surface area contributed by atoms with Crippen LogP contribution in [0.25, 0.3) is 23.3 Å². The van der Waals surface area contributed by atoms with Crippen LogP contribution in [0, 0.1) is 12.3 Å². The molecule has 3 aromatic rings. The van der Waals surface area contributed by atoms with Crippen molar-refractivity contribution in [3.63, 3.8) is 0 Å². The van der Waals surface area contributed by atoms with Gasteiger partial charge < -0.3 is 4.98 Å². The van der Waals surface area contributed by atoms with E-state index >= 15 is 0 Å². The summed E-state index contributed by atoms with van der Waals surface area (Å²) >= 11 is 5.94. The second-order valence-electron chi connectivity index (χ2n) is 5.15. The largest absolute Gasteiger partial charge is 0.333 e. The van der Waals surface area contributed by atoms with E-state index in [1.165, 1.54) is 4.57 Å². The van der Waals surface area contributed by atoms with Gasteiger partial charge in [0, 0.05) is 12.1 Å². The maximum Gasteiger partial charge on any atom is 0.333 e. The Morgan fingerprint density at radius 2 is 2.17 bits per heavy atom. The Morgan fingerprint density at radius 1 is 1.38 bits per heavy atom. The molecule has 0 bridgehead atoms. The summed E-state index contributed by atoms with van der Waals surface area (Å²) in [6, 6.07) is 7.31. The summed E-state index contributed by atoms with van der Waals surface area (Å²) in [5.74, 6) is 2.76. The third kappa shape index (κ3) is 2.77. The number of fused-ring (bicyclic) bond motifs is 1. The van der Waals surface area contributed by atoms with Crippen LogP contribution in [0.4, 0.5) is 0 Å². The lowest BCUT2D eigenvalue weighted by Crippen LogP contribution is -2.38. The molecule has 2 aromatic heterocycles. The summed E-state index contributed by atoms with van der Waals surface area (Å²) in [5, 5.41) is 0.626. The zero-order valence-corrected chi connectivity index (χ0v) is 13.5. The van der Waals surface area contributed by atoms with Crippen LogP contribution < -0.4 is 11.2 Å². The van der Waals surface area contributed by atoms with Crippen molar-refractivity contribution in [2.45, 2.75) is 6.54 Å². The third-order valence-corrected chi connectivity index (χ3v) is 3.76. The molecule has 0 aliphatic heterocycles. The number of nitrogens with zero attached hydrogens (tertiary/aromatic N) is 3. The van der Waals surface area contributed by atoms with Crippen molar-refractivity contribution in [2.75, 3.05) is 0 Å². The average Bonchev–Trinajstić information content (AvgIpc) is 3.00. The fourth-order valence-electron chi connectivity index (χ4n) is 2.36. The number of aromatic nitrogens is 4. The number of halogens is 1. The van der Waals surface area contributed by atoms with E-state index in [1.54, 1.807) is 25.3 Å². The quantitative estimate of drug-likeness (QED) is 0.740. The Balaban J connectivity index is 2.11. The van der Waals surface area contributed by atoms with Gasteiger partial charge in [0.25, 0.3) is 5.56 Å². The number of aryl methyl sites for hydroxylation is 1. The molecule has 0 aliphatic carbocycles. The van der Waals surface area contributed by atoms with E-state index in [2.05, 4.69) is 15.9 Å². The minimum absolute atomic E-state index is 0.0891. The molecule has 24 heavy (non-hydrogen) atoms. The number of rotatable bonds is 3. The highest BCUT2D eigenvalue weighted by molar-refractivity contribution is 6.30. The van der Waals surface area contributed by atoms with Crippen LogP contribution in [0.15, 0.2) is 33.9 Å². The number of imidazole rings is 1. The molecule has 120 valence electrons. The minimum atomic E-state index is -0.498. The Morgan fingerprint density at radius 3 is 2.88 bits per heavy atom. The zero-order valence-electron chi connectivity index (χ0n) is 12.8. The molecule has 1 aromatic carbocycles. The SMILES string of the molecule is C#CCn1c(=O)c2[nH]c(/C=C/c3cccc(Cl)c3)nc2n(C)c1=O. The Bertz CT molecular complexity index is 1110. The van der Waals surface area contributed by atoms with Gasteiger partial charge in [-0.05, 0) is 23.8 Å². The second-order valence-corrected chi connectivity index (χ2v) is 5.58. The highest BCUT2D eigenvalue weighted by Gasteiger charge is 2.13. The Hall–Kier alpha value is -3.04. The van der Waals surface area contributed by atoms with Gasteiger partial charge in [0.15, 0.2) is 5.65 Å². The molecule has 0 fully saturated rings. The van der Waals surface area contributed by atoms with Crippen LogP contribution in [-0.4, -0.2) is 19.1 Å². The molecule has 3 rings (SSSR count). The average molecular weight is 341 g/mol. The monoisotopic (exact) mass is 340 g/mol. The topological polar surface area (TPSA) is 72.7 Å². The van der Waals surface area contributed by atoms with Crippen LogP contribution in [0.2, 0.25) is 5.02 Å². The van der Waals surface area contributed by atoms with Crippen LogP contribution in [0.3, 0.4) is 0 Å². The van der Waals surface area contributed by atoms with E-state index < -0.39 is 11.2 Å². The zero-order chi connectivity index (χ0) is 17.3. The first kappa shape index (κ1) is 15.8. The van der Waals surface area contributed by atoms with Gasteiger partial charge in [-0.25, -0.2) is 14.3 Å². The summed E-state index contributed by atoms with van der Waals surface area (Å²) in [4.78, 5) is 31.7. The number of hydrogen-bond donors (Lipinski definition) is 1. The van der Waals surface area contributed by atoms with Gasteiger partial charge in [0.05, 0.1) is 6.54 Å². The molecule has 2 heterocycles. The molecule has 0 saturated heterocycles. The maximum atomic E-state index is 12.4. The first-order valence-electron chi connectivity index (χ1n) is 7.08. The van der Waals surface area contributed by atoms with Gasteiger partial charge in [0.1, 0.15) is 11.3 Å². The van der Waals surface area contributed by atoms with Crippen molar-refractivity contribution in [3.8, 4) is 12.3 Å².